The lowest BCUT2D eigenvalue weighted by molar-refractivity contribution is 0.306. The fraction of sp³-hybridized carbons (Fsp3) is 0.333. The zero-order valence-corrected chi connectivity index (χ0v) is 15.7. The first-order chi connectivity index (χ1) is 11.2. The van der Waals surface area contributed by atoms with E-state index < -0.39 is 0 Å². The molecule has 3 nitrogen and oxygen atoms in total. The van der Waals surface area contributed by atoms with Gasteiger partial charge in [-0.25, -0.2) is 0 Å². The van der Waals surface area contributed by atoms with Crippen molar-refractivity contribution in [3.63, 3.8) is 0 Å². The van der Waals surface area contributed by atoms with Crippen LogP contribution >= 0.6 is 27.5 Å². The van der Waals surface area contributed by atoms with Gasteiger partial charge >= 0.3 is 0 Å². The van der Waals surface area contributed by atoms with Gasteiger partial charge in [-0.05, 0) is 49.7 Å². The summed E-state index contributed by atoms with van der Waals surface area (Å²) >= 11 is 9.49. The molecule has 2 rings (SSSR count). The monoisotopic (exact) mass is 397 g/mol. The molecule has 0 amide bonds. The molecule has 0 aliphatic carbocycles. The number of halogens is 2. The highest BCUT2D eigenvalue weighted by Gasteiger charge is 2.13. The maximum absolute atomic E-state index is 5.90. The van der Waals surface area contributed by atoms with Crippen LogP contribution in [0.2, 0.25) is 5.02 Å². The van der Waals surface area contributed by atoms with Crippen molar-refractivity contribution in [2.45, 2.75) is 19.9 Å². The Kier molecular flexibility index (Phi) is 7.21. The molecule has 0 fully saturated rings. The Morgan fingerprint density at radius 3 is 2.52 bits per heavy atom. The Hall–Kier alpha value is -1.23. The van der Waals surface area contributed by atoms with Gasteiger partial charge in [-0.1, -0.05) is 39.7 Å². The minimum atomic E-state index is 0.602. The quantitative estimate of drug-likeness (QED) is 0.645. The Labute approximate surface area is 151 Å². The van der Waals surface area contributed by atoms with Crippen molar-refractivity contribution < 1.29 is 9.47 Å². The molecule has 5 heteroatoms. The lowest BCUT2D eigenvalue weighted by atomic mass is 10.1. The van der Waals surface area contributed by atoms with E-state index in [4.69, 9.17) is 21.1 Å². The normalized spacial score (nSPS) is 10.6. The van der Waals surface area contributed by atoms with Gasteiger partial charge in [0.05, 0.1) is 13.7 Å². The summed E-state index contributed by atoms with van der Waals surface area (Å²) in [6.45, 7) is 4.15. The van der Waals surface area contributed by atoms with Crippen molar-refractivity contribution >= 4 is 27.5 Å². The van der Waals surface area contributed by atoms with Gasteiger partial charge in [0.1, 0.15) is 0 Å². The summed E-state index contributed by atoms with van der Waals surface area (Å²) in [6.07, 6.45) is 0.947. The molecule has 0 radical (unpaired) electrons. The number of hydrogen-bond acceptors (Lipinski definition) is 3. The van der Waals surface area contributed by atoms with Crippen molar-refractivity contribution in [2.75, 3.05) is 20.3 Å². The molecule has 0 bridgehead atoms. The van der Waals surface area contributed by atoms with Crippen molar-refractivity contribution in [3.05, 3.63) is 57.0 Å². The van der Waals surface area contributed by atoms with Gasteiger partial charge in [0, 0.05) is 21.6 Å². The first-order valence-corrected chi connectivity index (χ1v) is 8.76. The summed E-state index contributed by atoms with van der Waals surface area (Å²) in [5.41, 5.74) is 2.33. The molecule has 0 heterocycles. The minimum absolute atomic E-state index is 0.602. The molecule has 23 heavy (non-hydrogen) atoms. The summed E-state index contributed by atoms with van der Waals surface area (Å²) in [5, 5.41) is 4.22. The van der Waals surface area contributed by atoms with E-state index in [1.165, 1.54) is 5.56 Å². The summed E-state index contributed by atoms with van der Waals surface area (Å²) in [6, 6.07) is 11.8. The van der Waals surface area contributed by atoms with Crippen LogP contribution in [-0.4, -0.2) is 20.3 Å². The lowest BCUT2D eigenvalue weighted by Crippen LogP contribution is -2.18. The predicted octanol–water partition coefficient (Wildman–Crippen LogP) is 4.84. The van der Waals surface area contributed by atoms with Gasteiger partial charge < -0.3 is 14.8 Å². The average molecular weight is 399 g/mol. The van der Waals surface area contributed by atoms with E-state index in [2.05, 4.69) is 33.4 Å². The van der Waals surface area contributed by atoms with Crippen LogP contribution in [0.3, 0.4) is 0 Å². The highest BCUT2D eigenvalue weighted by Crippen LogP contribution is 2.36. The van der Waals surface area contributed by atoms with Crippen molar-refractivity contribution in [1.82, 2.24) is 5.32 Å². The molecule has 2 aromatic carbocycles. The van der Waals surface area contributed by atoms with Gasteiger partial charge in [-0.15, -0.1) is 0 Å². The number of nitrogens with one attached hydrogen (secondary N) is 1. The zero-order chi connectivity index (χ0) is 16.7. The van der Waals surface area contributed by atoms with Gasteiger partial charge in [0.25, 0.3) is 0 Å². The number of benzene rings is 2. The summed E-state index contributed by atoms with van der Waals surface area (Å²) in [4.78, 5) is 0. The van der Waals surface area contributed by atoms with Gasteiger partial charge in [0.15, 0.2) is 11.5 Å². The van der Waals surface area contributed by atoms with Crippen molar-refractivity contribution in [2.24, 2.45) is 0 Å². The standard InChI is InChI=1S/C18H21BrClNO2/c1-3-23-18-15(16(19)8-9-17(18)22-2)12-21-11-10-13-4-6-14(20)7-5-13/h4-9,21H,3,10-12H2,1-2H3. The number of hydrogen-bond donors (Lipinski definition) is 1. The Morgan fingerprint density at radius 1 is 1.13 bits per heavy atom. The molecule has 124 valence electrons. The van der Waals surface area contributed by atoms with E-state index in [1.807, 2.05) is 31.2 Å². The van der Waals surface area contributed by atoms with Crippen LogP contribution in [0, 0.1) is 0 Å². The van der Waals surface area contributed by atoms with Gasteiger partial charge in [-0.2, -0.15) is 0 Å². The largest absolute Gasteiger partial charge is 0.493 e. The lowest BCUT2D eigenvalue weighted by Gasteiger charge is -2.16. The molecule has 0 saturated heterocycles. The van der Waals surface area contributed by atoms with Crippen LogP contribution < -0.4 is 14.8 Å². The number of ether oxygens (including phenoxy) is 2. The van der Waals surface area contributed by atoms with Crippen LogP contribution in [0.5, 0.6) is 11.5 Å². The molecule has 0 unspecified atom stereocenters. The summed E-state index contributed by atoms with van der Waals surface area (Å²) in [7, 11) is 1.66. The third-order valence-electron chi connectivity index (χ3n) is 3.48. The third kappa shape index (κ3) is 5.13. The highest BCUT2D eigenvalue weighted by atomic mass is 79.9. The minimum Gasteiger partial charge on any atom is -0.493 e. The third-order valence-corrected chi connectivity index (χ3v) is 4.48. The molecule has 1 N–H and O–H groups in total. The molecule has 0 atom stereocenters. The Morgan fingerprint density at radius 2 is 1.87 bits per heavy atom. The van der Waals surface area contributed by atoms with E-state index in [0.717, 1.165) is 39.5 Å². The van der Waals surface area contributed by atoms with Crippen molar-refractivity contribution in [3.8, 4) is 11.5 Å². The molecule has 0 aliphatic heterocycles. The first-order valence-electron chi connectivity index (χ1n) is 7.59. The van der Waals surface area contributed by atoms with Crippen LogP contribution in [0.15, 0.2) is 40.9 Å². The first kappa shape index (κ1) is 18.1. The molecule has 0 saturated carbocycles. The molecule has 0 spiro atoms. The zero-order valence-electron chi connectivity index (χ0n) is 13.4. The number of methoxy groups -OCH3 is 1. The van der Waals surface area contributed by atoms with Crippen LogP contribution in [0.25, 0.3) is 0 Å². The summed E-state index contributed by atoms with van der Waals surface area (Å²) < 4.78 is 12.2. The van der Waals surface area contributed by atoms with E-state index >= 15 is 0 Å². The fourth-order valence-electron chi connectivity index (χ4n) is 2.31. The van der Waals surface area contributed by atoms with Crippen molar-refractivity contribution in [1.29, 1.82) is 0 Å². The Balaban J connectivity index is 1.98. The maximum Gasteiger partial charge on any atom is 0.166 e. The second-order valence-electron chi connectivity index (χ2n) is 5.04. The van der Waals surface area contributed by atoms with Gasteiger partial charge in [-0.3, -0.25) is 0 Å². The maximum atomic E-state index is 5.90. The van der Waals surface area contributed by atoms with Crippen LogP contribution in [-0.2, 0) is 13.0 Å². The van der Waals surface area contributed by atoms with Crippen LogP contribution in [0.1, 0.15) is 18.1 Å². The highest BCUT2D eigenvalue weighted by molar-refractivity contribution is 9.10. The second-order valence-corrected chi connectivity index (χ2v) is 6.33. The molecule has 0 aromatic heterocycles. The summed E-state index contributed by atoms with van der Waals surface area (Å²) in [5.74, 6) is 1.55. The van der Waals surface area contributed by atoms with Gasteiger partial charge in [0.2, 0.25) is 0 Å². The van der Waals surface area contributed by atoms with E-state index in [1.54, 1.807) is 7.11 Å². The SMILES string of the molecule is CCOc1c(OC)ccc(Br)c1CNCCc1ccc(Cl)cc1. The second kappa shape index (κ2) is 9.16. The predicted molar refractivity (Wildman–Crippen MR) is 98.7 cm³/mol. The Bertz CT molecular complexity index is 632. The van der Waals surface area contributed by atoms with E-state index in [0.29, 0.717) is 13.2 Å². The van der Waals surface area contributed by atoms with E-state index in [9.17, 15) is 0 Å². The molecular weight excluding hydrogens is 378 g/mol. The van der Waals surface area contributed by atoms with Crippen LogP contribution in [0.4, 0.5) is 0 Å². The fourth-order valence-corrected chi connectivity index (χ4v) is 2.89. The molecule has 0 aliphatic rings. The molecular formula is C18H21BrClNO2. The van der Waals surface area contributed by atoms with E-state index in [-0.39, 0.29) is 0 Å². The molecule has 2 aromatic rings. The smallest absolute Gasteiger partial charge is 0.166 e. The number of rotatable bonds is 8. The topological polar surface area (TPSA) is 30.5 Å². The average Bonchev–Trinajstić information content (AvgIpc) is 2.56.